The number of aryl methyl sites for hydroxylation is 1. The van der Waals surface area contributed by atoms with E-state index in [1.54, 1.807) is 18.5 Å². The Balaban J connectivity index is 2.30. The monoisotopic (exact) mass is 241 g/mol. The van der Waals surface area contributed by atoms with E-state index in [-0.39, 0.29) is 5.82 Å². The molecule has 0 radical (unpaired) electrons. The van der Waals surface area contributed by atoms with Crippen LogP contribution in [0.1, 0.15) is 6.92 Å². The molecule has 18 heavy (non-hydrogen) atoms. The smallest absolute Gasteiger partial charge is 0.142 e. The predicted molar refractivity (Wildman–Crippen MR) is 68.6 cm³/mol. The fraction of sp³-hybridized carbons (Fsp3) is 0.143. The maximum absolute atomic E-state index is 13.3. The molecule has 0 bridgehead atoms. The highest BCUT2D eigenvalue weighted by Gasteiger charge is 2.11. The van der Waals surface area contributed by atoms with E-state index in [2.05, 4.69) is 9.97 Å². The van der Waals surface area contributed by atoms with Crippen LogP contribution in [0.5, 0.6) is 0 Å². The zero-order chi connectivity index (χ0) is 12.5. The van der Waals surface area contributed by atoms with Gasteiger partial charge in [0.1, 0.15) is 11.6 Å². The van der Waals surface area contributed by atoms with Gasteiger partial charge in [-0.3, -0.25) is 4.98 Å². The van der Waals surface area contributed by atoms with Crippen molar-refractivity contribution in [2.75, 3.05) is 0 Å². The van der Waals surface area contributed by atoms with Gasteiger partial charge in [-0.2, -0.15) is 0 Å². The topological polar surface area (TPSA) is 30.7 Å². The van der Waals surface area contributed by atoms with Crippen molar-refractivity contribution >= 4 is 11.0 Å². The number of hydrogen-bond donors (Lipinski definition) is 0. The van der Waals surface area contributed by atoms with Gasteiger partial charge in [0, 0.05) is 24.5 Å². The second-order valence-electron chi connectivity index (χ2n) is 4.05. The molecule has 0 spiro atoms. The molecule has 0 atom stereocenters. The number of benzene rings is 1. The fourth-order valence-corrected chi connectivity index (χ4v) is 2.13. The number of rotatable bonds is 2. The average Bonchev–Trinajstić information content (AvgIpc) is 2.77. The van der Waals surface area contributed by atoms with E-state index in [9.17, 15) is 4.39 Å². The minimum absolute atomic E-state index is 0.241. The van der Waals surface area contributed by atoms with Gasteiger partial charge in [-0.05, 0) is 37.3 Å². The van der Waals surface area contributed by atoms with Crippen molar-refractivity contribution in [1.29, 1.82) is 0 Å². The summed E-state index contributed by atoms with van der Waals surface area (Å²) in [5, 5.41) is 0. The summed E-state index contributed by atoms with van der Waals surface area (Å²) in [7, 11) is 0. The van der Waals surface area contributed by atoms with Gasteiger partial charge < -0.3 is 4.57 Å². The molecule has 3 nitrogen and oxygen atoms in total. The Kier molecular flexibility index (Phi) is 2.55. The number of aromatic nitrogens is 3. The van der Waals surface area contributed by atoms with E-state index < -0.39 is 0 Å². The second kappa shape index (κ2) is 4.22. The standard InChI is InChI=1S/C14H12FN3/c1-2-18-13-8-11(15)5-6-12(13)17-14(18)10-4-3-7-16-9-10/h3-9H,2H2,1H3. The van der Waals surface area contributed by atoms with Crippen LogP contribution in [0.15, 0.2) is 42.7 Å². The molecule has 0 N–H and O–H groups in total. The Morgan fingerprint density at radius 2 is 2.17 bits per heavy atom. The number of pyridine rings is 1. The molecule has 0 aliphatic carbocycles. The largest absolute Gasteiger partial charge is 0.324 e. The molecule has 0 saturated carbocycles. The first-order valence-corrected chi connectivity index (χ1v) is 5.86. The zero-order valence-electron chi connectivity index (χ0n) is 9.97. The normalized spacial score (nSPS) is 11.0. The number of fused-ring (bicyclic) bond motifs is 1. The molecule has 0 fully saturated rings. The number of nitrogens with zero attached hydrogens (tertiary/aromatic N) is 3. The molecule has 0 aliphatic heterocycles. The minimum Gasteiger partial charge on any atom is -0.324 e. The Bertz CT molecular complexity index is 689. The summed E-state index contributed by atoms with van der Waals surface area (Å²) >= 11 is 0. The van der Waals surface area contributed by atoms with Crippen LogP contribution in [0.25, 0.3) is 22.4 Å². The molecule has 0 saturated heterocycles. The van der Waals surface area contributed by atoms with E-state index in [0.29, 0.717) is 0 Å². The lowest BCUT2D eigenvalue weighted by Crippen LogP contribution is -1.97. The summed E-state index contributed by atoms with van der Waals surface area (Å²) in [6.07, 6.45) is 3.49. The molecule has 0 unspecified atom stereocenters. The van der Waals surface area contributed by atoms with Crippen LogP contribution in [0.4, 0.5) is 4.39 Å². The summed E-state index contributed by atoms with van der Waals surface area (Å²) in [4.78, 5) is 8.65. The Morgan fingerprint density at radius 3 is 2.89 bits per heavy atom. The first kappa shape index (κ1) is 10.9. The van der Waals surface area contributed by atoms with E-state index in [4.69, 9.17) is 0 Å². The molecular formula is C14H12FN3. The molecule has 2 aromatic heterocycles. The van der Waals surface area contributed by atoms with Crippen molar-refractivity contribution in [3.63, 3.8) is 0 Å². The van der Waals surface area contributed by atoms with Gasteiger partial charge in [0.05, 0.1) is 11.0 Å². The van der Waals surface area contributed by atoms with E-state index in [1.165, 1.54) is 12.1 Å². The van der Waals surface area contributed by atoms with Crippen LogP contribution in [0.2, 0.25) is 0 Å². The highest BCUT2D eigenvalue weighted by Crippen LogP contribution is 2.24. The van der Waals surface area contributed by atoms with Crippen molar-refractivity contribution in [3.05, 3.63) is 48.5 Å². The van der Waals surface area contributed by atoms with Gasteiger partial charge in [-0.15, -0.1) is 0 Å². The maximum atomic E-state index is 13.3. The second-order valence-corrected chi connectivity index (χ2v) is 4.05. The minimum atomic E-state index is -0.241. The van der Waals surface area contributed by atoms with Crippen LogP contribution >= 0.6 is 0 Å². The van der Waals surface area contributed by atoms with Crippen LogP contribution in [0, 0.1) is 5.82 Å². The van der Waals surface area contributed by atoms with Gasteiger partial charge in [-0.25, -0.2) is 9.37 Å². The van der Waals surface area contributed by atoms with Crippen molar-refractivity contribution < 1.29 is 4.39 Å². The Morgan fingerprint density at radius 1 is 1.28 bits per heavy atom. The zero-order valence-corrected chi connectivity index (χ0v) is 9.97. The van der Waals surface area contributed by atoms with E-state index in [0.717, 1.165) is 29.0 Å². The van der Waals surface area contributed by atoms with Gasteiger partial charge in [0.25, 0.3) is 0 Å². The third-order valence-electron chi connectivity index (χ3n) is 2.95. The third kappa shape index (κ3) is 1.66. The van der Waals surface area contributed by atoms with E-state index in [1.807, 2.05) is 23.6 Å². The molecule has 0 aliphatic rings. The molecule has 90 valence electrons. The SMILES string of the molecule is CCn1c(-c2cccnc2)nc2ccc(F)cc21. The van der Waals surface area contributed by atoms with Crippen molar-refractivity contribution in [2.45, 2.75) is 13.5 Å². The summed E-state index contributed by atoms with van der Waals surface area (Å²) in [5.74, 6) is 0.584. The number of halogens is 1. The van der Waals surface area contributed by atoms with Gasteiger partial charge >= 0.3 is 0 Å². The highest BCUT2D eigenvalue weighted by molar-refractivity contribution is 5.80. The van der Waals surface area contributed by atoms with Crippen LogP contribution in [-0.2, 0) is 6.54 Å². The van der Waals surface area contributed by atoms with Gasteiger partial charge in [0.15, 0.2) is 0 Å². The highest BCUT2D eigenvalue weighted by atomic mass is 19.1. The average molecular weight is 241 g/mol. The lowest BCUT2D eigenvalue weighted by Gasteiger charge is -2.05. The van der Waals surface area contributed by atoms with Gasteiger partial charge in [0.2, 0.25) is 0 Å². The van der Waals surface area contributed by atoms with Crippen LogP contribution < -0.4 is 0 Å². The van der Waals surface area contributed by atoms with Crippen molar-refractivity contribution in [3.8, 4) is 11.4 Å². The lowest BCUT2D eigenvalue weighted by molar-refractivity contribution is 0.628. The molecule has 2 heterocycles. The fourth-order valence-electron chi connectivity index (χ4n) is 2.13. The molecule has 3 aromatic rings. The Hall–Kier alpha value is -2.23. The summed E-state index contributed by atoms with van der Waals surface area (Å²) < 4.78 is 15.3. The first-order chi connectivity index (χ1) is 8.79. The predicted octanol–water partition coefficient (Wildman–Crippen LogP) is 3.26. The molecule has 1 aromatic carbocycles. The number of hydrogen-bond acceptors (Lipinski definition) is 2. The summed E-state index contributed by atoms with van der Waals surface area (Å²) in [5.41, 5.74) is 2.56. The molecule has 0 amide bonds. The quantitative estimate of drug-likeness (QED) is 0.689. The van der Waals surface area contributed by atoms with E-state index >= 15 is 0 Å². The summed E-state index contributed by atoms with van der Waals surface area (Å²) in [6.45, 7) is 2.76. The third-order valence-corrected chi connectivity index (χ3v) is 2.95. The molecular weight excluding hydrogens is 229 g/mol. The lowest BCUT2D eigenvalue weighted by atomic mass is 10.2. The first-order valence-electron chi connectivity index (χ1n) is 5.86. The number of imidazole rings is 1. The van der Waals surface area contributed by atoms with Crippen molar-refractivity contribution in [1.82, 2.24) is 14.5 Å². The van der Waals surface area contributed by atoms with Gasteiger partial charge in [-0.1, -0.05) is 0 Å². The van der Waals surface area contributed by atoms with Crippen LogP contribution in [-0.4, -0.2) is 14.5 Å². The van der Waals surface area contributed by atoms with Crippen LogP contribution in [0.3, 0.4) is 0 Å². The molecule has 4 heteroatoms. The summed E-state index contributed by atoms with van der Waals surface area (Å²) in [6, 6.07) is 8.48. The van der Waals surface area contributed by atoms with Crippen molar-refractivity contribution in [2.24, 2.45) is 0 Å². The Labute approximate surface area is 104 Å². The maximum Gasteiger partial charge on any atom is 0.142 e. The molecule has 3 rings (SSSR count).